The highest BCUT2D eigenvalue weighted by Gasteiger charge is 2.24. The molecule has 1 amide bonds. The second-order valence-electron chi connectivity index (χ2n) is 11.8. The standard InChI is InChI=1S/C29H61N2O6P/c1-6-8-10-12-14-16-18-20-22-28(32)27(26-37-38(34,35)36-25-24-31(3,4)5)30-29(33)23-21-19-17-15-13-11-9-7-2/h27-28,32H,6-26H2,1-5H3,(H-,30,33,34,35). The largest absolute Gasteiger partial charge is 0.756 e. The molecular formula is C29H61N2O6P. The van der Waals surface area contributed by atoms with Crippen molar-refractivity contribution in [2.24, 2.45) is 0 Å². The summed E-state index contributed by atoms with van der Waals surface area (Å²) in [5.74, 6) is -0.175. The van der Waals surface area contributed by atoms with Crippen LogP contribution >= 0.6 is 7.82 Å². The first-order chi connectivity index (χ1) is 18.0. The van der Waals surface area contributed by atoms with Crippen LogP contribution in [0, 0.1) is 0 Å². The van der Waals surface area contributed by atoms with Gasteiger partial charge in [0.25, 0.3) is 7.82 Å². The Bertz CT molecular complexity index is 614. The van der Waals surface area contributed by atoms with Crippen molar-refractivity contribution in [1.82, 2.24) is 5.32 Å². The van der Waals surface area contributed by atoms with Crippen LogP contribution in [0.15, 0.2) is 0 Å². The molecule has 0 aromatic carbocycles. The number of nitrogens with zero attached hydrogens (tertiary/aromatic N) is 1. The molecule has 0 aliphatic heterocycles. The van der Waals surface area contributed by atoms with Crippen LogP contribution in [0.25, 0.3) is 0 Å². The van der Waals surface area contributed by atoms with Crippen molar-refractivity contribution in [3.8, 4) is 0 Å². The van der Waals surface area contributed by atoms with Crippen molar-refractivity contribution in [2.75, 3.05) is 40.9 Å². The van der Waals surface area contributed by atoms with E-state index in [1.54, 1.807) is 0 Å². The predicted octanol–water partition coefficient (Wildman–Crippen LogP) is 6.10. The summed E-state index contributed by atoms with van der Waals surface area (Å²) in [5, 5.41) is 13.6. The second kappa shape index (κ2) is 23.2. The summed E-state index contributed by atoms with van der Waals surface area (Å²) in [4.78, 5) is 24.8. The van der Waals surface area contributed by atoms with Crippen LogP contribution in [0.1, 0.15) is 129 Å². The van der Waals surface area contributed by atoms with Gasteiger partial charge in [-0.1, -0.05) is 110 Å². The number of nitrogens with one attached hydrogen (secondary N) is 1. The average Bonchev–Trinajstić information content (AvgIpc) is 2.84. The van der Waals surface area contributed by atoms with Gasteiger partial charge in [-0.15, -0.1) is 0 Å². The van der Waals surface area contributed by atoms with Gasteiger partial charge >= 0.3 is 0 Å². The third-order valence-electron chi connectivity index (χ3n) is 6.85. The normalized spacial score (nSPS) is 15.2. The van der Waals surface area contributed by atoms with Crippen LogP contribution in [-0.2, 0) is 18.4 Å². The minimum Gasteiger partial charge on any atom is -0.756 e. The summed E-state index contributed by atoms with van der Waals surface area (Å²) >= 11 is 0. The van der Waals surface area contributed by atoms with E-state index < -0.39 is 20.0 Å². The molecule has 9 heteroatoms. The number of hydrogen-bond donors (Lipinski definition) is 2. The lowest BCUT2D eigenvalue weighted by atomic mass is 10.0. The molecule has 0 saturated heterocycles. The summed E-state index contributed by atoms with van der Waals surface area (Å²) < 4.78 is 22.9. The highest BCUT2D eigenvalue weighted by molar-refractivity contribution is 7.45. The lowest BCUT2D eigenvalue weighted by Crippen LogP contribution is -2.46. The van der Waals surface area contributed by atoms with Gasteiger partial charge in [-0.05, 0) is 12.8 Å². The lowest BCUT2D eigenvalue weighted by molar-refractivity contribution is -0.870. The number of carbonyl (C=O) groups excluding carboxylic acids is 1. The highest BCUT2D eigenvalue weighted by Crippen LogP contribution is 2.38. The molecule has 3 atom stereocenters. The van der Waals surface area contributed by atoms with Crippen LogP contribution in [0.2, 0.25) is 0 Å². The SMILES string of the molecule is CCCCCCCCCCC(=O)NC(COP(=O)([O-])OCC[N+](C)(C)C)C(O)CCCCCCCCCC. The molecule has 0 aliphatic rings. The van der Waals surface area contributed by atoms with E-state index in [2.05, 4.69) is 19.2 Å². The van der Waals surface area contributed by atoms with E-state index in [1.807, 2.05) is 21.1 Å². The quantitative estimate of drug-likeness (QED) is 0.0709. The molecule has 228 valence electrons. The minimum atomic E-state index is -4.53. The first kappa shape index (κ1) is 37.5. The number of rotatable bonds is 27. The van der Waals surface area contributed by atoms with Gasteiger partial charge in [0.2, 0.25) is 5.91 Å². The molecule has 0 saturated carbocycles. The van der Waals surface area contributed by atoms with E-state index >= 15 is 0 Å². The van der Waals surface area contributed by atoms with Gasteiger partial charge in [0.05, 0.1) is 39.9 Å². The predicted molar refractivity (Wildman–Crippen MR) is 155 cm³/mol. The van der Waals surface area contributed by atoms with Crippen LogP contribution in [0.3, 0.4) is 0 Å². The number of unbranched alkanes of at least 4 members (excludes halogenated alkanes) is 14. The minimum absolute atomic E-state index is 0.0144. The molecule has 3 unspecified atom stereocenters. The number of hydrogen-bond acceptors (Lipinski definition) is 6. The molecule has 38 heavy (non-hydrogen) atoms. The van der Waals surface area contributed by atoms with Crippen molar-refractivity contribution in [3.05, 3.63) is 0 Å². The summed E-state index contributed by atoms with van der Waals surface area (Å²) in [5.41, 5.74) is 0. The molecular weight excluding hydrogens is 503 g/mol. The number of amides is 1. The zero-order valence-corrected chi connectivity index (χ0v) is 26.3. The number of phosphoric acid groups is 1. The molecule has 0 spiro atoms. The molecule has 8 nitrogen and oxygen atoms in total. The van der Waals surface area contributed by atoms with Crippen molar-refractivity contribution < 1.29 is 32.9 Å². The van der Waals surface area contributed by atoms with Crippen molar-refractivity contribution >= 4 is 13.7 Å². The first-order valence-electron chi connectivity index (χ1n) is 15.4. The van der Waals surface area contributed by atoms with E-state index in [-0.39, 0.29) is 19.1 Å². The summed E-state index contributed by atoms with van der Waals surface area (Å²) in [6.45, 7) is 4.61. The van der Waals surface area contributed by atoms with E-state index in [9.17, 15) is 19.4 Å². The zero-order chi connectivity index (χ0) is 28.7. The van der Waals surface area contributed by atoms with E-state index in [1.165, 1.54) is 64.2 Å². The van der Waals surface area contributed by atoms with Gasteiger partial charge in [0.15, 0.2) is 0 Å². The Kier molecular flexibility index (Phi) is 22.9. The van der Waals surface area contributed by atoms with Crippen LogP contribution in [0.5, 0.6) is 0 Å². The van der Waals surface area contributed by atoms with Gasteiger partial charge in [0, 0.05) is 6.42 Å². The number of phosphoric ester groups is 1. The molecule has 0 aliphatic carbocycles. The Morgan fingerprint density at radius 1 is 0.816 bits per heavy atom. The van der Waals surface area contributed by atoms with E-state index in [0.717, 1.165) is 38.5 Å². The molecule has 0 rings (SSSR count). The summed E-state index contributed by atoms with van der Waals surface area (Å²) in [6.07, 6.45) is 18.3. The monoisotopic (exact) mass is 564 g/mol. The van der Waals surface area contributed by atoms with Gasteiger partial charge in [-0.2, -0.15) is 0 Å². The van der Waals surface area contributed by atoms with Crippen LogP contribution < -0.4 is 10.2 Å². The molecule has 0 aromatic rings. The van der Waals surface area contributed by atoms with Crippen molar-refractivity contribution in [2.45, 2.75) is 142 Å². The van der Waals surface area contributed by atoms with Crippen LogP contribution in [0.4, 0.5) is 0 Å². The molecule has 2 N–H and O–H groups in total. The number of quaternary nitrogens is 1. The van der Waals surface area contributed by atoms with Crippen molar-refractivity contribution in [3.63, 3.8) is 0 Å². The van der Waals surface area contributed by atoms with Crippen molar-refractivity contribution in [1.29, 1.82) is 0 Å². The molecule has 0 bridgehead atoms. The Labute approximate surface area is 234 Å². The fourth-order valence-electron chi connectivity index (χ4n) is 4.27. The molecule has 0 radical (unpaired) electrons. The third kappa shape index (κ3) is 24.5. The number of aliphatic hydroxyl groups is 1. The third-order valence-corrected chi connectivity index (χ3v) is 7.81. The Morgan fingerprint density at radius 3 is 1.79 bits per heavy atom. The molecule has 0 fully saturated rings. The fourth-order valence-corrected chi connectivity index (χ4v) is 4.99. The Morgan fingerprint density at radius 2 is 1.29 bits per heavy atom. The number of likely N-dealkylation sites (N-methyl/N-ethyl adjacent to an activating group) is 1. The van der Waals surface area contributed by atoms with Gasteiger partial charge in [-0.3, -0.25) is 9.36 Å². The molecule has 0 aromatic heterocycles. The second-order valence-corrected chi connectivity index (χ2v) is 13.2. The summed E-state index contributed by atoms with van der Waals surface area (Å²) in [6, 6.07) is -0.787. The Hall–Kier alpha value is -0.500. The zero-order valence-electron chi connectivity index (χ0n) is 25.4. The van der Waals surface area contributed by atoms with Gasteiger partial charge in [0.1, 0.15) is 13.2 Å². The fraction of sp³-hybridized carbons (Fsp3) is 0.966. The average molecular weight is 565 g/mol. The summed E-state index contributed by atoms with van der Waals surface area (Å²) in [7, 11) is 1.30. The first-order valence-corrected chi connectivity index (χ1v) is 16.8. The number of aliphatic hydroxyl groups excluding tert-OH is 1. The van der Waals surface area contributed by atoms with E-state index in [4.69, 9.17) is 9.05 Å². The van der Waals surface area contributed by atoms with Gasteiger partial charge < -0.3 is 28.8 Å². The maximum absolute atomic E-state index is 12.6. The smallest absolute Gasteiger partial charge is 0.268 e. The maximum atomic E-state index is 12.6. The van der Waals surface area contributed by atoms with Crippen LogP contribution in [-0.4, -0.2) is 68.5 Å². The van der Waals surface area contributed by atoms with E-state index in [0.29, 0.717) is 23.9 Å². The topological polar surface area (TPSA) is 108 Å². The maximum Gasteiger partial charge on any atom is 0.268 e. The highest BCUT2D eigenvalue weighted by atomic mass is 31.2. The van der Waals surface area contributed by atoms with Gasteiger partial charge in [-0.25, -0.2) is 0 Å². The number of carbonyl (C=O) groups is 1. The lowest BCUT2D eigenvalue weighted by Gasteiger charge is -2.30. The Balaban J connectivity index is 4.60. The molecule has 0 heterocycles.